The lowest BCUT2D eigenvalue weighted by Crippen LogP contribution is -2.29. The summed E-state index contributed by atoms with van der Waals surface area (Å²) in [6, 6.07) is 13.3. The summed E-state index contributed by atoms with van der Waals surface area (Å²) in [4.78, 5) is 13.1. The number of ketones is 1. The van der Waals surface area contributed by atoms with Crippen molar-refractivity contribution in [3.63, 3.8) is 0 Å². The summed E-state index contributed by atoms with van der Waals surface area (Å²) >= 11 is 0. The van der Waals surface area contributed by atoms with Gasteiger partial charge in [-0.05, 0) is 43.7 Å². The molecule has 4 rings (SSSR count). The Morgan fingerprint density at radius 3 is 2.75 bits per heavy atom. The monoisotopic (exact) mass is 321 g/mol. The minimum absolute atomic E-state index is 0.00894. The molecule has 0 amide bonds. The maximum atomic E-state index is 13.1. The second-order valence-corrected chi connectivity index (χ2v) is 6.60. The standard InChI is InChI=1S/C20H19NO3/c1-20(2)15-11-12(23-10-9-21)7-8-13(15)18(22)17-14-5-3-4-6-16(14)24-19(17)20/h3-8,11H,9-10,21H2,1-2H3. The fourth-order valence-electron chi connectivity index (χ4n) is 3.47. The molecule has 3 aromatic rings. The highest BCUT2D eigenvalue weighted by Crippen LogP contribution is 2.46. The molecular formula is C20H19NO3. The van der Waals surface area contributed by atoms with Crippen molar-refractivity contribution in [2.75, 3.05) is 13.2 Å². The summed E-state index contributed by atoms with van der Waals surface area (Å²) in [5, 5.41) is 0.875. The predicted molar refractivity (Wildman–Crippen MR) is 92.8 cm³/mol. The second-order valence-electron chi connectivity index (χ2n) is 6.60. The summed E-state index contributed by atoms with van der Waals surface area (Å²) in [5.41, 5.74) is 8.14. The van der Waals surface area contributed by atoms with Gasteiger partial charge in [0.1, 0.15) is 23.7 Å². The van der Waals surface area contributed by atoms with E-state index in [1.54, 1.807) is 0 Å². The Bertz CT molecular complexity index is 953. The molecule has 0 aliphatic heterocycles. The van der Waals surface area contributed by atoms with Gasteiger partial charge in [0.25, 0.3) is 0 Å². The van der Waals surface area contributed by atoms with Crippen LogP contribution < -0.4 is 10.5 Å². The average Bonchev–Trinajstić information content (AvgIpc) is 2.99. The normalized spacial score (nSPS) is 15.2. The molecule has 2 N–H and O–H groups in total. The molecule has 122 valence electrons. The van der Waals surface area contributed by atoms with Gasteiger partial charge in [-0.2, -0.15) is 0 Å². The largest absolute Gasteiger partial charge is 0.492 e. The van der Waals surface area contributed by atoms with E-state index in [-0.39, 0.29) is 5.78 Å². The first kappa shape index (κ1) is 15.0. The first-order valence-corrected chi connectivity index (χ1v) is 8.08. The highest BCUT2D eigenvalue weighted by Gasteiger charge is 2.41. The number of rotatable bonds is 3. The van der Waals surface area contributed by atoms with E-state index in [1.165, 1.54) is 0 Å². The van der Waals surface area contributed by atoms with Gasteiger partial charge in [0.05, 0.1) is 5.56 Å². The molecule has 2 aromatic carbocycles. The van der Waals surface area contributed by atoms with E-state index in [0.717, 1.165) is 28.0 Å². The van der Waals surface area contributed by atoms with E-state index in [9.17, 15) is 4.79 Å². The van der Waals surface area contributed by atoms with Gasteiger partial charge < -0.3 is 14.9 Å². The Kier molecular flexibility index (Phi) is 3.25. The molecular weight excluding hydrogens is 302 g/mol. The maximum Gasteiger partial charge on any atom is 0.197 e. The number of furan rings is 1. The summed E-state index contributed by atoms with van der Waals surface area (Å²) in [6.07, 6.45) is 0. The fraction of sp³-hybridized carbons (Fsp3) is 0.250. The van der Waals surface area contributed by atoms with Crippen LogP contribution in [0.2, 0.25) is 0 Å². The molecule has 0 spiro atoms. The van der Waals surface area contributed by atoms with Crippen LogP contribution in [0.25, 0.3) is 11.0 Å². The van der Waals surface area contributed by atoms with Gasteiger partial charge >= 0.3 is 0 Å². The van der Waals surface area contributed by atoms with Crippen LogP contribution in [0.15, 0.2) is 46.9 Å². The molecule has 1 heterocycles. The van der Waals surface area contributed by atoms with Crippen LogP contribution in [-0.4, -0.2) is 18.9 Å². The van der Waals surface area contributed by atoms with Crippen LogP contribution in [0.4, 0.5) is 0 Å². The van der Waals surface area contributed by atoms with Crippen molar-refractivity contribution in [1.29, 1.82) is 0 Å². The lowest BCUT2D eigenvalue weighted by atomic mass is 9.72. The summed E-state index contributed by atoms with van der Waals surface area (Å²) in [7, 11) is 0. The highest BCUT2D eigenvalue weighted by atomic mass is 16.5. The molecule has 0 bridgehead atoms. The molecule has 0 saturated heterocycles. The number of hydrogen-bond acceptors (Lipinski definition) is 4. The summed E-state index contributed by atoms with van der Waals surface area (Å²) < 4.78 is 11.7. The number of carbonyl (C=O) groups excluding carboxylic acids is 1. The third kappa shape index (κ3) is 2.00. The minimum Gasteiger partial charge on any atom is -0.492 e. The molecule has 4 heteroatoms. The van der Waals surface area contributed by atoms with Crippen molar-refractivity contribution in [2.45, 2.75) is 19.3 Å². The maximum absolute atomic E-state index is 13.1. The van der Waals surface area contributed by atoms with Crippen LogP contribution >= 0.6 is 0 Å². The van der Waals surface area contributed by atoms with Gasteiger partial charge in [0.15, 0.2) is 5.78 Å². The molecule has 1 aliphatic rings. The molecule has 0 unspecified atom stereocenters. The first-order valence-electron chi connectivity index (χ1n) is 8.08. The Morgan fingerprint density at radius 2 is 1.96 bits per heavy atom. The Hall–Kier alpha value is -2.59. The third-order valence-corrected chi connectivity index (χ3v) is 4.69. The zero-order valence-corrected chi connectivity index (χ0v) is 13.8. The van der Waals surface area contributed by atoms with E-state index >= 15 is 0 Å². The molecule has 0 atom stereocenters. The Balaban J connectivity index is 1.94. The number of benzene rings is 2. The van der Waals surface area contributed by atoms with Crippen LogP contribution in [0, 0.1) is 0 Å². The Morgan fingerprint density at radius 1 is 1.17 bits per heavy atom. The Labute approximate surface area is 140 Å². The van der Waals surface area contributed by atoms with Crippen molar-refractivity contribution in [2.24, 2.45) is 5.73 Å². The fourth-order valence-corrected chi connectivity index (χ4v) is 3.47. The third-order valence-electron chi connectivity index (χ3n) is 4.69. The molecule has 24 heavy (non-hydrogen) atoms. The zero-order chi connectivity index (χ0) is 16.9. The van der Waals surface area contributed by atoms with Crippen LogP contribution in [0.1, 0.15) is 41.1 Å². The summed E-state index contributed by atoms with van der Waals surface area (Å²) in [6.45, 7) is 5.05. The first-order chi connectivity index (χ1) is 11.5. The number of hydrogen-bond donors (Lipinski definition) is 1. The SMILES string of the molecule is CC1(C)c2cc(OCCN)ccc2C(=O)c2c1oc1ccccc21. The number of carbonyl (C=O) groups is 1. The lowest BCUT2D eigenvalue weighted by Gasteiger charge is -2.30. The van der Waals surface area contributed by atoms with E-state index in [0.29, 0.717) is 24.3 Å². The number of nitrogens with two attached hydrogens (primary N) is 1. The van der Waals surface area contributed by atoms with Crippen LogP contribution in [0.3, 0.4) is 0 Å². The quantitative estimate of drug-likeness (QED) is 0.800. The molecule has 0 fully saturated rings. The van der Waals surface area contributed by atoms with Gasteiger partial charge in [-0.1, -0.05) is 18.2 Å². The number of ether oxygens (including phenoxy) is 1. The van der Waals surface area contributed by atoms with Gasteiger partial charge in [0, 0.05) is 22.9 Å². The van der Waals surface area contributed by atoms with Crippen molar-refractivity contribution >= 4 is 16.8 Å². The van der Waals surface area contributed by atoms with Gasteiger partial charge in [-0.3, -0.25) is 4.79 Å². The molecule has 1 aliphatic carbocycles. The molecule has 0 radical (unpaired) electrons. The smallest absolute Gasteiger partial charge is 0.197 e. The van der Waals surface area contributed by atoms with Crippen molar-refractivity contribution in [3.05, 3.63) is 64.9 Å². The van der Waals surface area contributed by atoms with Gasteiger partial charge in [-0.15, -0.1) is 0 Å². The van der Waals surface area contributed by atoms with Gasteiger partial charge in [-0.25, -0.2) is 0 Å². The van der Waals surface area contributed by atoms with Gasteiger partial charge in [0.2, 0.25) is 0 Å². The molecule has 0 saturated carbocycles. The van der Waals surface area contributed by atoms with E-state index in [4.69, 9.17) is 14.9 Å². The number of fused-ring (bicyclic) bond motifs is 4. The molecule has 1 aromatic heterocycles. The van der Waals surface area contributed by atoms with Crippen molar-refractivity contribution < 1.29 is 13.9 Å². The average molecular weight is 321 g/mol. The lowest BCUT2D eigenvalue weighted by molar-refractivity contribution is 0.102. The number of para-hydroxylation sites is 1. The predicted octanol–water partition coefficient (Wildman–Crippen LogP) is 3.64. The van der Waals surface area contributed by atoms with Crippen LogP contribution in [0.5, 0.6) is 5.75 Å². The molecule has 4 nitrogen and oxygen atoms in total. The van der Waals surface area contributed by atoms with E-state index in [2.05, 4.69) is 13.8 Å². The van der Waals surface area contributed by atoms with E-state index in [1.807, 2.05) is 42.5 Å². The van der Waals surface area contributed by atoms with Crippen molar-refractivity contribution in [3.8, 4) is 5.75 Å². The van der Waals surface area contributed by atoms with Crippen molar-refractivity contribution in [1.82, 2.24) is 0 Å². The van der Waals surface area contributed by atoms with Crippen LogP contribution in [-0.2, 0) is 5.41 Å². The zero-order valence-electron chi connectivity index (χ0n) is 13.8. The second kappa shape index (κ2) is 5.21. The van der Waals surface area contributed by atoms with E-state index < -0.39 is 5.41 Å². The topological polar surface area (TPSA) is 65.5 Å². The minimum atomic E-state index is -0.417. The highest BCUT2D eigenvalue weighted by molar-refractivity contribution is 6.19. The summed E-state index contributed by atoms with van der Waals surface area (Å²) in [5.74, 6) is 1.45.